The van der Waals surface area contributed by atoms with Crippen molar-refractivity contribution < 1.29 is 32.7 Å². The Balaban J connectivity index is 1.80. The molecular weight excluding hydrogens is 499 g/mol. The molecule has 1 unspecified atom stereocenters. The average molecular weight is 530 g/mol. The number of rotatable bonds is 14. The third-order valence-corrected chi connectivity index (χ3v) is 6.76. The van der Waals surface area contributed by atoms with Crippen molar-refractivity contribution in [1.82, 2.24) is 19.6 Å². The molecule has 13 heteroatoms. The molecule has 1 aromatic carbocycles. The number of carbonyl (C=O) groups is 2. The number of ether oxygens (including phenoxy) is 1. The topological polar surface area (TPSA) is 160 Å². The Labute approximate surface area is 214 Å². The molecule has 0 aliphatic heterocycles. The SMILES string of the molecule is Cc1ncnc2c1ccn2CCOP(=O)(N[C@@H](CCC(=O)C=[N+]=N)C(=O)OC(C)C)Oc1ccccc1. The van der Waals surface area contributed by atoms with E-state index < -0.39 is 31.6 Å². The number of esters is 1. The molecular formula is C24H30N6O6P+. The Morgan fingerprint density at radius 2 is 1.97 bits per heavy atom. The number of benzene rings is 1. The fourth-order valence-corrected chi connectivity index (χ4v) is 4.96. The van der Waals surface area contributed by atoms with Crippen LogP contribution in [0.25, 0.3) is 11.0 Å². The molecule has 0 aliphatic rings. The van der Waals surface area contributed by atoms with Crippen molar-refractivity contribution in [3.05, 3.63) is 54.6 Å². The number of fused-ring (bicyclic) bond motifs is 1. The summed E-state index contributed by atoms with van der Waals surface area (Å²) in [6, 6.07) is 9.10. The number of Topliss-reactive ketones (excluding diaryl/α,β-unsaturated/α-hetero) is 1. The van der Waals surface area contributed by atoms with Crippen LogP contribution in [0.2, 0.25) is 0 Å². The van der Waals surface area contributed by atoms with Gasteiger partial charge in [-0.25, -0.2) is 14.5 Å². The Bertz CT molecular complexity index is 1320. The van der Waals surface area contributed by atoms with Crippen molar-refractivity contribution >= 4 is 36.7 Å². The molecule has 196 valence electrons. The lowest BCUT2D eigenvalue weighted by molar-refractivity contribution is -0.149. The lowest BCUT2D eigenvalue weighted by Crippen LogP contribution is -2.39. The molecule has 0 fully saturated rings. The molecule has 0 aliphatic carbocycles. The van der Waals surface area contributed by atoms with Gasteiger partial charge in [0.2, 0.25) is 5.78 Å². The lowest BCUT2D eigenvalue weighted by Gasteiger charge is -2.25. The minimum Gasteiger partial charge on any atom is -0.462 e. The van der Waals surface area contributed by atoms with Gasteiger partial charge in [-0.15, -0.1) is 0 Å². The average Bonchev–Trinajstić information content (AvgIpc) is 3.26. The smallest absolute Gasteiger partial charge is 0.459 e. The number of para-hydroxylation sites is 1. The van der Waals surface area contributed by atoms with E-state index in [1.54, 1.807) is 44.2 Å². The van der Waals surface area contributed by atoms with E-state index in [9.17, 15) is 14.2 Å². The second-order valence-corrected chi connectivity index (χ2v) is 10.1. The minimum atomic E-state index is -4.14. The molecule has 37 heavy (non-hydrogen) atoms. The zero-order chi connectivity index (χ0) is 26.8. The van der Waals surface area contributed by atoms with E-state index >= 15 is 0 Å². The number of aromatic nitrogens is 3. The summed E-state index contributed by atoms with van der Waals surface area (Å²) in [4.78, 5) is 36.1. The second kappa shape index (κ2) is 13.0. The molecule has 2 aromatic heterocycles. The maximum absolute atomic E-state index is 13.9. The van der Waals surface area contributed by atoms with Crippen molar-refractivity contribution in [3.63, 3.8) is 0 Å². The maximum Gasteiger partial charge on any atom is 0.459 e. The highest BCUT2D eigenvalue weighted by atomic mass is 31.2. The lowest BCUT2D eigenvalue weighted by atomic mass is 10.1. The molecule has 2 atom stereocenters. The first-order valence-electron chi connectivity index (χ1n) is 11.7. The van der Waals surface area contributed by atoms with Crippen LogP contribution in [0.1, 0.15) is 32.4 Å². The van der Waals surface area contributed by atoms with Crippen LogP contribution in [0.15, 0.2) is 48.9 Å². The Hall–Kier alpha value is -3.69. The van der Waals surface area contributed by atoms with Crippen molar-refractivity contribution in [2.45, 2.75) is 52.3 Å². The summed E-state index contributed by atoms with van der Waals surface area (Å²) >= 11 is 0. The molecule has 2 heterocycles. The molecule has 0 saturated heterocycles. The Morgan fingerprint density at radius 1 is 1.22 bits per heavy atom. The van der Waals surface area contributed by atoms with E-state index in [-0.39, 0.29) is 25.2 Å². The molecule has 3 rings (SSSR count). The third-order valence-electron chi connectivity index (χ3n) is 5.16. The standard InChI is InChI=1S/C24H30N6O6P/c1-17(2)35-24(32)22(10-9-19(31)15-28-25)29-37(33,36-20-7-5-4-6-8-20)34-14-13-30-12-11-21-18(3)26-16-27-23(21)30/h4-8,11-12,15-17,22,25H,9-10,13-14H2,1-3H3,(H,29,33)/q+1/t22-,37?/m0/s1. The number of aryl methyl sites for hydroxylation is 1. The second-order valence-electron chi connectivity index (χ2n) is 8.37. The van der Waals surface area contributed by atoms with Gasteiger partial charge in [0.05, 0.1) is 28.7 Å². The summed E-state index contributed by atoms with van der Waals surface area (Å²) in [6.45, 7) is 5.49. The first-order chi connectivity index (χ1) is 17.7. The molecule has 12 nitrogen and oxygen atoms in total. The third kappa shape index (κ3) is 8.16. The van der Waals surface area contributed by atoms with Crippen molar-refractivity contribution in [1.29, 1.82) is 5.53 Å². The quantitative estimate of drug-likeness (QED) is 0.105. The number of nitrogens with one attached hydrogen (secondary N) is 2. The van der Waals surface area contributed by atoms with Crippen LogP contribution >= 0.6 is 7.75 Å². The predicted octanol–water partition coefficient (Wildman–Crippen LogP) is 3.51. The van der Waals surface area contributed by atoms with E-state index in [2.05, 4.69) is 19.8 Å². The van der Waals surface area contributed by atoms with Crippen LogP contribution < -0.4 is 9.61 Å². The summed E-state index contributed by atoms with van der Waals surface area (Å²) < 4.78 is 32.4. The van der Waals surface area contributed by atoms with Crippen LogP contribution in [0.4, 0.5) is 0 Å². The molecule has 0 spiro atoms. The number of hydrogen-bond acceptors (Lipinski definition) is 9. The van der Waals surface area contributed by atoms with Gasteiger partial charge in [0.25, 0.3) is 0 Å². The van der Waals surface area contributed by atoms with Crippen LogP contribution in [0.5, 0.6) is 5.75 Å². The van der Waals surface area contributed by atoms with Gasteiger partial charge < -0.3 is 13.8 Å². The van der Waals surface area contributed by atoms with Gasteiger partial charge in [0.1, 0.15) is 23.8 Å². The molecule has 3 aromatic rings. The van der Waals surface area contributed by atoms with Gasteiger partial charge in [0.15, 0.2) is 0 Å². The van der Waals surface area contributed by atoms with Gasteiger partial charge in [0, 0.05) is 24.5 Å². The van der Waals surface area contributed by atoms with Gasteiger partial charge in [-0.3, -0.25) is 14.1 Å². The van der Waals surface area contributed by atoms with Crippen LogP contribution in [0, 0.1) is 12.5 Å². The largest absolute Gasteiger partial charge is 0.462 e. The summed E-state index contributed by atoms with van der Waals surface area (Å²) in [5.41, 5.74) is 8.35. The molecule has 2 N–H and O–H groups in total. The molecule has 0 amide bonds. The van der Waals surface area contributed by atoms with Crippen molar-refractivity contribution in [2.75, 3.05) is 6.61 Å². The summed E-state index contributed by atoms with van der Waals surface area (Å²) in [6.07, 6.45) is 3.50. The van der Waals surface area contributed by atoms with Gasteiger partial charge >= 0.3 is 19.9 Å². The van der Waals surface area contributed by atoms with Gasteiger partial charge in [-0.2, -0.15) is 5.09 Å². The maximum atomic E-state index is 13.9. The van der Waals surface area contributed by atoms with Gasteiger partial charge in [-0.05, 0) is 45.4 Å². The van der Waals surface area contributed by atoms with Crippen molar-refractivity contribution in [2.24, 2.45) is 0 Å². The van der Waals surface area contributed by atoms with Crippen LogP contribution in [0.3, 0.4) is 0 Å². The zero-order valence-electron chi connectivity index (χ0n) is 20.9. The number of ketones is 1. The summed E-state index contributed by atoms with van der Waals surface area (Å²) in [7, 11) is -4.14. The first-order valence-corrected chi connectivity index (χ1v) is 13.2. The van der Waals surface area contributed by atoms with Crippen LogP contribution in [-0.4, -0.2) is 56.0 Å². The van der Waals surface area contributed by atoms with Crippen molar-refractivity contribution in [3.8, 4) is 5.75 Å². The van der Waals surface area contributed by atoms with E-state index in [4.69, 9.17) is 19.3 Å². The van der Waals surface area contributed by atoms with Gasteiger partial charge in [-0.1, -0.05) is 18.2 Å². The summed E-state index contributed by atoms with van der Waals surface area (Å²) in [5.74, 6) is -0.910. The fraction of sp³-hybridized carbons (Fsp3) is 0.375. The number of carbonyl (C=O) groups excluding carboxylic acids is 2. The van der Waals surface area contributed by atoms with E-state index in [0.717, 1.165) is 17.3 Å². The first kappa shape index (κ1) is 27.9. The normalized spacial score (nSPS) is 13.5. The van der Waals surface area contributed by atoms with E-state index in [1.807, 2.05) is 23.8 Å². The molecule has 0 radical (unpaired) electrons. The highest BCUT2D eigenvalue weighted by molar-refractivity contribution is 7.52. The van der Waals surface area contributed by atoms with Crippen LogP contribution in [-0.2, 0) is 30.0 Å². The summed E-state index contributed by atoms with van der Waals surface area (Å²) in [5, 5.41) is 3.56. The van der Waals surface area contributed by atoms with E-state index in [1.165, 1.54) is 6.33 Å². The fourth-order valence-electron chi connectivity index (χ4n) is 3.44. The van der Waals surface area contributed by atoms with E-state index in [0.29, 0.717) is 12.2 Å². The highest BCUT2D eigenvalue weighted by Gasteiger charge is 2.35. The predicted molar refractivity (Wildman–Crippen MR) is 134 cm³/mol. The Kier molecular flexibility index (Phi) is 9.82. The molecule has 0 saturated carbocycles. The Morgan fingerprint density at radius 3 is 2.68 bits per heavy atom. The highest BCUT2D eigenvalue weighted by Crippen LogP contribution is 2.45. The minimum absolute atomic E-state index is 0.0413. The number of hydrogen-bond donors (Lipinski definition) is 2. The zero-order valence-corrected chi connectivity index (χ0v) is 21.8. The molecule has 0 bridgehead atoms. The monoisotopic (exact) mass is 529 g/mol. The number of nitrogens with zero attached hydrogens (tertiary/aromatic N) is 4.